The molecular formula is C6H3BrN2O5. The summed E-state index contributed by atoms with van der Waals surface area (Å²) < 4.78 is -0.340. The molecule has 0 aliphatic rings. The molecule has 1 aromatic rings. The second-order valence-electron chi connectivity index (χ2n) is 2.28. The molecule has 0 spiro atoms. The van der Waals surface area contributed by atoms with Gasteiger partial charge in [0.05, 0.1) is 9.85 Å². The van der Waals surface area contributed by atoms with Gasteiger partial charge in [0.25, 0.3) is 5.69 Å². The van der Waals surface area contributed by atoms with Crippen molar-refractivity contribution < 1.29 is 15.0 Å². The molecule has 0 atom stereocenters. The summed E-state index contributed by atoms with van der Waals surface area (Å²) in [6.07, 6.45) is 0. The number of aromatic hydroxyl groups is 1. The highest BCUT2D eigenvalue weighted by atomic mass is 79.9. The van der Waals surface area contributed by atoms with Crippen LogP contribution in [0.15, 0.2) is 16.6 Å². The lowest BCUT2D eigenvalue weighted by Gasteiger charge is -1.98. The molecule has 0 unspecified atom stereocenters. The van der Waals surface area contributed by atoms with Crippen LogP contribution in [0, 0.1) is 20.2 Å². The molecule has 0 aromatic heterocycles. The first-order valence-corrected chi connectivity index (χ1v) is 4.04. The zero-order valence-corrected chi connectivity index (χ0v) is 8.09. The zero-order chi connectivity index (χ0) is 10.9. The van der Waals surface area contributed by atoms with Crippen LogP contribution in [-0.4, -0.2) is 15.0 Å². The molecule has 1 rings (SSSR count). The third kappa shape index (κ3) is 1.64. The fourth-order valence-electron chi connectivity index (χ4n) is 0.858. The number of hydrogen-bond acceptors (Lipinski definition) is 5. The van der Waals surface area contributed by atoms with Gasteiger partial charge in [0, 0.05) is 6.07 Å². The quantitative estimate of drug-likeness (QED) is 0.648. The third-order valence-electron chi connectivity index (χ3n) is 1.45. The predicted octanol–water partition coefficient (Wildman–Crippen LogP) is 1.97. The molecule has 0 bridgehead atoms. The normalized spacial score (nSPS) is 9.79. The zero-order valence-electron chi connectivity index (χ0n) is 6.51. The number of benzene rings is 1. The van der Waals surface area contributed by atoms with E-state index in [-0.39, 0.29) is 4.47 Å². The standard InChI is InChI=1S/C6H3BrN2O5/c7-5-3(8(11)12)1-2-4(10)6(5)9(13)14/h1-2,10H. The molecule has 74 valence electrons. The van der Waals surface area contributed by atoms with E-state index < -0.39 is 27.0 Å². The van der Waals surface area contributed by atoms with Crippen molar-refractivity contribution >= 4 is 27.3 Å². The molecule has 0 saturated carbocycles. The molecule has 0 amide bonds. The second kappa shape index (κ2) is 3.58. The summed E-state index contributed by atoms with van der Waals surface area (Å²) in [5.41, 5.74) is -1.17. The summed E-state index contributed by atoms with van der Waals surface area (Å²) in [7, 11) is 0. The fourth-order valence-corrected chi connectivity index (χ4v) is 1.48. The number of halogens is 1. The number of nitro groups is 2. The van der Waals surface area contributed by atoms with E-state index >= 15 is 0 Å². The van der Waals surface area contributed by atoms with Crippen molar-refractivity contribution in [2.75, 3.05) is 0 Å². The summed E-state index contributed by atoms with van der Waals surface area (Å²) in [6.45, 7) is 0. The first-order valence-electron chi connectivity index (χ1n) is 3.25. The molecule has 0 aliphatic carbocycles. The van der Waals surface area contributed by atoms with E-state index in [2.05, 4.69) is 15.9 Å². The third-order valence-corrected chi connectivity index (χ3v) is 2.24. The summed E-state index contributed by atoms with van der Waals surface area (Å²) in [5.74, 6) is -0.618. The van der Waals surface area contributed by atoms with Crippen LogP contribution in [0.3, 0.4) is 0 Å². The number of phenolic OH excluding ortho intramolecular Hbond substituents is 1. The molecule has 0 fully saturated rings. The van der Waals surface area contributed by atoms with Crippen molar-refractivity contribution in [3.8, 4) is 5.75 Å². The van der Waals surface area contributed by atoms with Crippen LogP contribution in [0.4, 0.5) is 11.4 Å². The minimum Gasteiger partial charge on any atom is -0.502 e. The average Bonchev–Trinajstić information content (AvgIpc) is 2.02. The minimum atomic E-state index is -0.896. The van der Waals surface area contributed by atoms with Gasteiger partial charge >= 0.3 is 5.69 Å². The lowest BCUT2D eigenvalue weighted by Crippen LogP contribution is -1.95. The van der Waals surface area contributed by atoms with Crippen molar-refractivity contribution in [3.05, 3.63) is 36.8 Å². The monoisotopic (exact) mass is 262 g/mol. The molecule has 1 aromatic carbocycles. The first-order chi connectivity index (χ1) is 6.45. The number of hydrogen-bond donors (Lipinski definition) is 1. The van der Waals surface area contributed by atoms with Gasteiger partial charge in [-0.2, -0.15) is 0 Å². The molecule has 0 heterocycles. The highest BCUT2D eigenvalue weighted by molar-refractivity contribution is 9.10. The Kier molecular flexibility index (Phi) is 2.65. The molecule has 0 aliphatic heterocycles. The molecule has 0 radical (unpaired) electrons. The Hall–Kier alpha value is -1.70. The van der Waals surface area contributed by atoms with E-state index in [1.54, 1.807) is 0 Å². The van der Waals surface area contributed by atoms with E-state index in [1.165, 1.54) is 0 Å². The highest BCUT2D eigenvalue weighted by Crippen LogP contribution is 2.39. The maximum atomic E-state index is 10.4. The Bertz CT molecular complexity index is 419. The minimum absolute atomic E-state index is 0.340. The molecule has 8 heteroatoms. The second-order valence-corrected chi connectivity index (χ2v) is 3.07. The van der Waals surface area contributed by atoms with Crippen molar-refractivity contribution in [3.63, 3.8) is 0 Å². The van der Waals surface area contributed by atoms with Gasteiger partial charge in [0.2, 0.25) is 0 Å². The van der Waals surface area contributed by atoms with Crippen LogP contribution in [0.5, 0.6) is 5.75 Å². The maximum Gasteiger partial charge on any atom is 0.331 e. The molecule has 14 heavy (non-hydrogen) atoms. The lowest BCUT2D eigenvalue weighted by atomic mass is 10.2. The van der Waals surface area contributed by atoms with Crippen LogP contribution in [0.25, 0.3) is 0 Å². The van der Waals surface area contributed by atoms with Gasteiger partial charge in [-0.05, 0) is 22.0 Å². The van der Waals surface area contributed by atoms with Crippen molar-refractivity contribution in [2.45, 2.75) is 0 Å². The summed E-state index contributed by atoms with van der Waals surface area (Å²) >= 11 is 2.69. The Morgan fingerprint density at radius 2 is 1.79 bits per heavy atom. The van der Waals surface area contributed by atoms with E-state index in [0.717, 1.165) is 12.1 Å². The van der Waals surface area contributed by atoms with Crippen molar-refractivity contribution in [2.24, 2.45) is 0 Å². The topological polar surface area (TPSA) is 107 Å². The van der Waals surface area contributed by atoms with E-state index in [9.17, 15) is 20.2 Å². The number of rotatable bonds is 2. The van der Waals surface area contributed by atoms with Gasteiger partial charge in [-0.3, -0.25) is 20.2 Å². The van der Waals surface area contributed by atoms with Crippen molar-refractivity contribution in [1.82, 2.24) is 0 Å². The largest absolute Gasteiger partial charge is 0.502 e. The Morgan fingerprint density at radius 1 is 1.21 bits per heavy atom. The fraction of sp³-hybridized carbons (Fsp3) is 0. The van der Waals surface area contributed by atoms with Gasteiger partial charge in [0.1, 0.15) is 0 Å². The molecule has 1 N–H and O–H groups in total. The van der Waals surface area contributed by atoms with Crippen LogP contribution in [-0.2, 0) is 0 Å². The molecular weight excluding hydrogens is 260 g/mol. The average molecular weight is 263 g/mol. The molecule has 0 saturated heterocycles. The van der Waals surface area contributed by atoms with Crippen LogP contribution < -0.4 is 0 Å². The smallest absolute Gasteiger partial charge is 0.331 e. The SMILES string of the molecule is O=[N+]([O-])c1ccc(O)c([N+](=O)[O-])c1Br. The first kappa shape index (κ1) is 10.4. The Labute approximate surface area is 85.4 Å². The number of nitrogens with zero attached hydrogens (tertiary/aromatic N) is 2. The Morgan fingerprint density at radius 3 is 2.21 bits per heavy atom. The van der Waals surface area contributed by atoms with Gasteiger partial charge in [0.15, 0.2) is 10.2 Å². The van der Waals surface area contributed by atoms with E-state index in [1.807, 2.05) is 0 Å². The van der Waals surface area contributed by atoms with E-state index in [4.69, 9.17) is 5.11 Å². The number of phenols is 1. The summed E-state index contributed by atoms with van der Waals surface area (Å²) in [4.78, 5) is 19.1. The molecule has 7 nitrogen and oxygen atoms in total. The van der Waals surface area contributed by atoms with E-state index in [0.29, 0.717) is 0 Å². The van der Waals surface area contributed by atoms with Crippen LogP contribution in [0.2, 0.25) is 0 Å². The van der Waals surface area contributed by atoms with Gasteiger partial charge in [-0.1, -0.05) is 0 Å². The van der Waals surface area contributed by atoms with Crippen molar-refractivity contribution in [1.29, 1.82) is 0 Å². The number of nitro benzene ring substituents is 2. The summed E-state index contributed by atoms with van der Waals surface area (Å²) in [6, 6.07) is 1.88. The highest BCUT2D eigenvalue weighted by Gasteiger charge is 2.26. The van der Waals surface area contributed by atoms with Gasteiger partial charge < -0.3 is 5.11 Å². The Balaban J connectivity index is 3.49. The maximum absolute atomic E-state index is 10.4. The lowest BCUT2D eigenvalue weighted by molar-refractivity contribution is -0.396. The van der Waals surface area contributed by atoms with Gasteiger partial charge in [-0.25, -0.2) is 0 Å². The summed E-state index contributed by atoms with van der Waals surface area (Å²) in [5, 5.41) is 29.9. The van der Waals surface area contributed by atoms with Gasteiger partial charge in [-0.15, -0.1) is 0 Å². The van der Waals surface area contributed by atoms with Crippen LogP contribution in [0.1, 0.15) is 0 Å². The predicted molar refractivity (Wildman–Crippen MR) is 49.1 cm³/mol. The van der Waals surface area contributed by atoms with Crippen LogP contribution >= 0.6 is 15.9 Å².